The molecule has 3 aromatic rings. The number of rotatable bonds is 13. The number of benzene rings is 2. The van der Waals surface area contributed by atoms with E-state index in [1.807, 2.05) is 59.5 Å². The summed E-state index contributed by atoms with van der Waals surface area (Å²) in [4.78, 5) is 19.3. The molecule has 0 aliphatic carbocycles. The molecule has 0 atom stereocenters. The van der Waals surface area contributed by atoms with Crippen molar-refractivity contribution in [3.05, 3.63) is 84.1 Å². The molecule has 1 heterocycles. The first-order valence-corrected chi connectivity index (χ1v) is 12.1. The number of hydrogen-bond acceptors (Lipinski definition) is 4. The third kappa shape index (κ3) is 8.10. The lowest BCUT2D eigenvalue weighted by atomic mass is 10.1. The van der Waals surface area contributed by atoms with Gasteiger partial charge in [-0.15, -0.1) is 0 Å². The Morgan fingerprint density at radius 2 is 1.71 bits per heavy atom. The summed E-state index contributed by atoms with van der Waals surface area (Å²) in [6, 6.07) is 21.7. The Balaban J connectivity index is 1.52. The Morgan fingerprint density at radius 3 is 2.44 bits per heavy atom. The Bertz CT molecular complexity index is 993. The van der Waals surface area contributed by atoms with Crippen molar-refractivity contribution < 1.29 is 9.53 Å². The third-order valence-electron chi connectivity index (χ3n) is 5.78. The van der Waals surface area contributed by atoms with Gasteiger partial charge in [0, 0.05) is 30.5 Å². The van der Waals surface area contributed by atoms with Crippen LogP contribution in [-0.2, 0) is 13.0 Å². The van der Waals surface area contributed by atoms with Gasteiger partial charge in [0.1, 0.15) is 11.6 Å². The van der Waals surface area contributed by atoms with E-state index in [-0.39, 0.29) is 6.03 Å². The molecular formula is C28H36N4O2. The molecule has 0 radical (unpaired) electrons. The van der Waals surface area contributed by atoms with Gasteiger partial charge in [0.15, 0.2) is 0 Å². The van der Waals surface area contributed by atoms with Crippen molar-refractivity contribution in [3.63, 3.8) is 0 Å². The van der Waals surface area contributed by atoms with Gasteiger partial charge < -0.3 is 20.3 Å². The van der Waals surface area contributed by atoms with Crippen LogP contribution in [0.25, 0.3) is 0 Å². The third-order valence-corrected chi connectivity index (χ3v) is 5.78. The number of methoxy groups -OCH3 is 1. The van der Waals surface area contributed by atoms with Crippen LogP contribution in [0.1, 0.15) is 43.7 Å². The zero-order chi connectivity index (χ0) is 24.0. The van der Waals surface area contributed by atoms with Gasteiger partial charge in [0.25, 0.3) is 0 Å². The van der Waals surface area contributed by atoms with Crippen LogP contribution in [0.4, 0.5) is 16.3 Å². The summed E-state index contributed by atoms with van der Waals surface area (Å²) in [6.07, 6.45) is 6.95. The maximum atomic E-state index is 13.2. The summed E-state index contributed by atoms with van der Waals surface area (Å²) in [7, 11) is 1.66. The molecule has 2 aromatic carbocycles. The van der Waals surface area contributed by atoms with Gasteiger partial charge in [-0.1, -0.05) is 56.2 Å². The van der Waals surface area contributed by atoms with Crippen molar-refractivity contribution in [3.8, 4) is 5.75 Å². The highest BCUT2D eigenvalue weighted by atomic mass is 16.5. The van der Waals surface area contributed by atoms with Crippen LogP contribution in [-0.4, -0.2) is 36.1 Å². The Labute approximate surface area is 203 Å². The minimum Gasteiger partial charge on any atom is -0.496 e. The van der Waals surface area contributed by atoms with Gasteiger partial charge >= 0.3 is 6.03 Å². The summed E-state index contributed by atoms with van der Waals surface area (Å²) >= 11 is 0. The van der Waals surface area contributed by atoms with Crippen LogP contribution in [0.2, 0.25) is 0 Å². The molecule has 0 aliphatic rings. The normalized spacial score (nSPS) is 10.5. The first-order chi connectivity index (χ1) is 16.7. The molecule has 1 aromatic heterocycles. The second-order valence-electron chi connectivity index (χ2n) is 8.27. The lowest BCUT2D eigenvalue weighted by molar-refractivity contribution is 0.207. The number of para-hydroxylation sites is 1. The Hall–Kier alpha value is -3.54. The zero-order valence-electron chi connectivity index (χ0n) is 20.3. The molecule has 0 saturated heterocycles. The van der Waals surface area contributed by atoms with E-state index in [0.29, 0.717) is 13.1 Å². The average Bonchev–Trinajstić information content (AvgIpc) is 2.88. The van der Waals surface area contributed by atoms with E-state index in [4.69, 9.17) is 4.74 Å². The predicted molar refractivity (Wildman–Crippen MR) is 139 cm³/mol. The van der Waals surface area contributed by atoms with E-state index in [0.717, 1.165) is 61.5 Å². The Kier molecular flexibility index (Phi) is 10.2. The van der Waals surface area contributed by atoms with Gasteiger partial charge in [-0.25, -0.2) is 9.78 Å². The number of anilines is 2. The molecule has 0 fully saturated rings. The number of nitrogens with one attached hydrogen (secondary N) is 2. The van der Waals surface area contributed by atoms with Crippen LogP contribution in [0.3, 0.4) is 0 Å². The van der Waals surface area contributed by atoms with E-state index in [1.165, 1.54) is 5.56 Å². The van der Waals surface area contributed by atoms with E-state index >= 15 is 0 Å². The highest BCUT2D eigenvalue weighted by Gasteiger charge is 2.16. The molecule has 2 N–H and O–H groups in total. The fourth-order valence-corrected chi connectivity index (χ4v) is 3.78. The molecule has 2 amide bonds. The molecule has 0 unspecified atom stereocenters. The van der Waals surface area contributed by atoms with Crippen molar-refractivity contribution in [1.82, 2.24) is 9.88 Å². The number of aromatic nitrogens is 1. The molecule has 180 valence electrons. The summed E-state index contributed by atoms with van der Waals surface area (Å²) in [6.45, 7) is 4.21. The molecule has 0 saturated carbocycles. The minimum atomic E-state index is -0.0908. The molecule has 6 nitrogen and oxygen atoms in total. The lowest BCUT2D eigenvalue weighted by Gasteiger charge is -2.24. The first kappa shape index (κ1) is 25.1. The highest BCUT2D eigenvalue weighted by molar-refractivity contribution is 5.89. The molecule has 6 heteroatoms. The smallest absolute Gasteiger partial charge is 0.322 e. The Morgan fingerprint density at radius 1 is 0.941 bits per heavy atom. The second-order valence-corrected chi connectivity index (χ2v) is 8.27. The van der Waals surface area contributed by atoms with Gasteiger partial charge in [-0.2, -0.15) is 0 Å². The summed E-state index contributed by atoms with van der Waals surface area (Å²) in [5.41, 5.74) is 3.07. The maximum absolute atomic E-state index is 13.2. The standard InChI is InChI=1S/C28H36N4O2/c1-3-23-15-17-25(18-16-23)31-28(33)32(22-24-12-6-7-13-26(24)34-2)21-11-5-4-9-19-29-27-14-8-10-20-30-27/h6-8,10,12-18,20H,3-5,9,11,19,21-22H2,1-2H3,(H,29,30)(H,31,33). The molecule has 34 heavy (non-hydrogen) atoms. The molecule has 0 spiro atoms. The fraction of sp³-hybridized carbons (Fsp3) is 0.357. The van der Waals surface area contributed by atoms with Crippen molar-refractivity contribution in [1.29, 1.82) is 0 Å². The van der Waals surface area contributed by atoms with E-state index in [9.17, 15) is 4.79 Å². The molecule has 0 bridgehead atoms. The van der Waals surface area contributed by atoms with E-state index < -0.39 is 0 Å². The number of carbonyl (C=O) groups is 1. The van der Waals surface area contributed by atoms with E-state index in [1.54, 1.807) is 13.3 Å². The lowest BCUT2D eigenvalue weighted by Crippen LogP contribution is -2.35. The first-order valence-electron chi connectivity index (χ1n) is 12.1. The summed E-state index contributed by atoms with van der Waals surface area (Å²) in [5, 5.41) is 6.40. The van der Waals surface area contributed by atoms with Crippen molar-refractivity contribution >= 4 is 17.5 Å². The predicted octanol–water partition coefficient (Wildman–Crippen LogP) is 6.36. The maximum Gasteiger partial charge on any atom is 0.322 e. The van der Waals surface area contributed by atoms with Crippen molar-refractivity contribution in [2.24, 2.45) is 0 Å². The highest BCUT2D eigenvalue weighted by Crippen LogP contribution is 2.21. The van der Waals surface area contributed by atoms with Gasteiger partial charge in [0.2, 0.25) is 0 Å². The fourth-order valence-electron chi connectivity index (χ4n) is 3.78. The SMILES string of the molecule is CCc1ccc(NC(=O)N(CCCCCCNc2ccccn2)Cc2ccccc2OC)cc1. The average molecular weight is 461 g/mol. The number of urea groups is 1. The molecular weight excluding hydrogens is 424 g/mol. The van der Waals surface area contributed by atoms with E-state index in [2.05, 4.69) is 34.7 Å². The minimum absolute atomic E-state index is 0.0908. The number of pyridine rings is 1. The number of hydrogen-bond donors (Lipinski definition) is 2. The quantitative estimate of drug-likeness (QED) is 0.291. The van der Waals surface area contributed by atoms with Crippen molar-refractivity contribution in [2.45, 2.75) is 45.6 Å². The largest absolute Gasteiger partial charge is 0.496 e. The van der Waals surface area contributed by atoms with Crippen molar-refractivity contribution in [2.75, 3.05) is 30.8 Å². The van der Waals surface area contributed by atoms with Gasteiger partial charge in [-0.3, -0.25) is 0 Å². The van der Waals surface area contributed by atoms with Crippen LogP contribution in [0, 0.1) is 0 Å². The topological polar surface area (TPSA) is 66.5 Å². The monoisotopic (exact) mass is 460 g/mol. The molecule has 0 aliphatic heterocycles. The summed E-state index contributed by atoms with van der Waals surface area (Å²) < 4.78 is 5.51. The van der Waals surface area contributed by atoms with Gasteiger partial charge in [0.05, 0.1) is 13.7 Å². The number of aryl methyl sites for hydroxylation is 1. The number of unbranched alkanes of at least 4 members (excludes halogenated alkanes) is 3. The van der Waals surface area contributed by atoms with Crippen LogP contribution >= 0.6 is 0 Å². The summed E-state index contributed by atoms with van der Waals surface area (Å²) in [5.74, 6) is 1.71. The second kappa shape index (κ2) is 13.9. The number of amides is 2. The van der Waals surface area contributed by atoms with Gasteiger partial charge in [-0.05, 0) is 55.2 Å². The number of carbonyl (C=O) groups excluding carboxylic acids is 1. The van der Waals surface area contributed by atoms with Crippen LogP contribution in [0.5, 0.6) is 5.75 Å². The molecule has 3 rings (SSSR count). The van der Waals surface area contributed by atoms with Crippen LogP contribution in [0.15, 0.2) is 72.9 Å². The number of nitrogens with zero attached hydrogens (tertiary/aromatic N) is 2. The zero-order valence-corrected chi connectivity index (χ0v) is 20.3. The number of ether oxygens (including phenoxy) is 1. The van der Waals surface area contributed by atoms with Crippen LogP contribution < -0.4 is 15.4 Å².